The maximum absolute atomic E-state index is 12.4. The fourth-order valence-corrected chi connectivity index (χ4v) is 3.14. The van der Waals surface area contributed by atoms with E-state index >= 15 is 0 Å². The summed E-state index contributed by atoms with van der Waals surface area (Å²) < 4.78 is 10.6. The van der Waals surface area contributed by atoms with Gasteiger partial charge in [0.2, 0.25) is 0 Å². The zero-order valence-corrected chi connectivity index (χ0v) is 15.4. The van der Waals surface area contributed by atoms with Crippen molar-refractivity contribution < 1.29 is 19.1 Å². The Morgan fingerprint density at radius 3 is 2.41 bits per heavy atom. The molecule has 0 atom stereocenters. The van der Waals surface area contributed by atoms with Crippen LogP contribution in [0, 0.1) is 5.92 Å². The number of amides is 2. The first-order valence-corrected chi connectivity index (χ1v) is 9.10. The average Bonchev–Trinajstić information content (AvgIpc) is 2.73. The van der Waals surface area contributed by atoms with Crippen LogP contribution in [-0.2, 0) is 0 Å². The van der Waals surface area contributed by atoms with Crippen LogP contribution in [0.25, 0.3) is 0 Å². The van der Waals surface area contributed by atoms with E-state index in [-0.39, 0.29) is 12.0 Å². The molecule has 1 heterocycles. The number of carbonyl (C=O) groups is 2. The first-order chi connectivity index (χ1) is 13.2. The lowest BCUT2D eigenvalue weighted by atomic mass is 9.97. The minimum Gasteiger partial charge on any atom is -0.496 e. The molecule has 0 unspecified atom stereocenters. The molecule has 6 nitrogen and oxygen atoms in total. The van der Waals surface area contributed by atoms with Crippen molar-refractivity contribution in [2.45, 2.75) is 12.8 Å². The molecular formula is C21H24N2O4. The molecule has 2 amide bonds. The molecule has 0 aromatic heterocycles. The fourth-order valence-electron chi connectivity index (χ4n) is 3.14. The van der Waals surface area contributed by atoms with Crippen LogP contribution in [0.5, 0.6) is 11.5 Å². The third-order valence-electron chi connectivity index (χ3n) is 4.72. The van der Waals surface area contributed by atoms with E-state index in [9.17, 15) is 9.59 Å². The summed E-state index contributed by atoms with van der Waals surface area (Å²) in [7, 11) is 1.55. The second-order valence-electron chi connectivity index (χ2n) is 6.52. The first-order valence-electron chi connectivity index (χ1n) is 9.10. The van der Waals surface area contributed by atoms with Crippen molar-refractivity contribution in [3.8, 4) is 11.5 Å². The Hall–Kier alpha value is -3.02. The molecule has 1 aliphatic rings. The van der Waals surface area contributed by atoms with E-state index in [0.29, 0.717) is 42.6 Å². The molecule has 27 heavy (non-hydrogen) atoms. The van der Waals surface area contributed by atoms with E-state index in [1.165, 1.54) is 0 Å². The molecule has 2 aromatic rings. The van der Waals surface area contributed by atoms with Gasteiger partial charge >= 0.3 is 6.09 Å². The van der Waals surface area contributed by atoms with Crippen molar-refractivity contribution in [3.63, 3.8) is 0 Å². The van der Waals surface area contributed by atoms with Crippen LogP contribution in [0.15, 0.2) is 54.6 Å². The van der Waals surface area contributed by atoms with Gasteiger partial charge in [0.1, 0.15) is 11.5 Å². The van der Waals surface area contributed by atoms with Crippen LogP contribution in [0.3, 0.4) is 0 Å². The number of hydrogen-bond donors (Lipinski definition) is 1. The largest absolute Gasteiger partial charge is 0.496 e. The number of piperidine rings is 1. The van der Waals surface area contributed by atoms with Gasteiger partial charge in [-0.1, -0.05) is 30.3 Å². The average molecular weight is 368 g/mol. The van der Waals surface area contributed by atoms with Gasteiger partial charge in [-0.25, -0.2) is 4.79 Å². The number of nitrogens with zero attached hydrogens (tertiary/aromatic N) is 1. The maximum atomic E-state index is 12.4. The van der Waals surface area contributed by atoms with Gasteiger partial charge in [-0.15, -0.1) is 0 Å². The molecule has 3 rings (SSSR count). The van der Waals surface area contributed by atoms with Crippen molar-refractivity contribution in [1.29, 1.82) is 0 Å². The highest BCUT2D eigenvalue weighted by Gasteiger charge is 2.24. The molecule has 1 saturated heterocycles. The third-order valence-corrected chi connectivity index (χ3v) is 4.72. The van der Waals surface area contributed by atoms with Gasteiger partial charge in [0, 0.05) is 19.6 Å². The molecule has 142 valence electrons. The molecule has 0 spiro atoms. The summed E-state index contributed by atoms with van der Waals surface area (Å²) in [5.41, 5.74) is 0.531. The van der Waals surface area contributed by atoms with E-state index < -0.39 is 0 Å². The van der Waals surface area contributed by atoms with Gasteiger partial charge in [0.25, 0.3) is 5.91 Å². The van der Waals surface area contributed by atoms with Gasteiger partial charge in [-0.2, -0.15) is 0 Å². The number of hydrogen-bond acceptors (Lipinski definition) is 4. The molecule has 0 saturated carbocycles. The van der Waals surface area contributed by atoms with Crippen molar-refractivity contribution >= 4 is 12.0 Å². The van der Waals surface area contributed by atoms with E-state index in [1.807, 2.05) is 30.3 Å². The summed E-state index contributed by atoms with van der Waals surface area (Å²) in [6.45, 7) is 1.83. The Morgan fingerprint density at radius 2 is 1.70 bits per heavy atom. The van der Waals surface area contributed by atoms with Crippen LogP contribution < -0.4 is 14.8 Å². The summed E-state index contributed by atoms with van der Waals surface area (Å²) in [4.78, 5) is 26.3. The predicted molar refractivity (Wildman–Crippen MR) is 102 cm³/mol. The lowest BCUT2D eigenvalue weighted by molar-refractivity contribution is 0.0928. The van der Waals surface area contributed by atoms with Crippen LogP contribution in [0.2, 0.25) is 0 Å². The third kappa shape index (κ3) is 5.00. The SMILES string of the molecule is COc1ccccc1C(=O)NCC1CCN(C(=O)Oc2ccccc2)CC1. The van der Waals surface area contributed by atoms with Crippen molar-refractivity contribution in [2.24, 2.45) is 5.92 Å². The molecule has 0 radical (unpaired) electrons. The minimum absolute atomic E-state index is 0.140. The van der Waals surface area contributed by atoms with E-state index in [1.54, 1.807) is 36.3 Å². The number of carbonyl (C=O) groups excluding carboxylic acids is 2. The number of nitrogens with one attached hydrogen (secondary N) is 1. The molecule has 1 N–H and O–H groups in total. The number of rotatable bonds is 5. The predicted octanol–water partition coefficient (Wildman–Crippen LogP) is 3.34. The Kier molecular flexibility index (Phi) is 6.30. The lowest BCUT2D eigenvalue weighted by Gasteiger charge is -2.31. The molecule has 2 aromatic carbocycles. The molecule has 0 aliphatic carbocycles. The van der Waals surface area contributed by atoms with Crippen LogP contribution >= 0.6 is 0 Å². The maximum Gasteiger partial charge on any atom is 0.415 e. The van der Waals surface area contributed by atoms with Gasteiger partial charge in [-0.3, -0.25) is 4.79 Å². The Morgan fingerprint density at radius 1 is 1.04 bits per heavy atom. The smallest absolute Gasteiger partial charge is 0.415 e. The fraction of sp³-hybridized carbons (Fsp3) is 0.333. The molecular weight excluding hydrogens is 344 g/mol. The number of ether oxygens (including phenoxy) is 2. The van der Waals surface area contributed by atoms with Gasteiger partial charge in [0.15, 0.2) is 0 Å². The zero-order chi connectivity index (χ0) is 19.1. The van der Waals surface area contributed by atoms with Crippen molar-refractivity contribution in [3.05, 3.63) is 60.2 Å². The Balaban J connectivity index is 1.44. The number of methoxy groups -OCH3 is 1. The van der Waals surface area contributed by atoms with Gasteiger partial charge in [0.05, 0.1) is 12.7 Å². The molecule has 1 aliphatic heterocycles. The van der Waals surface area contributed by atoms with Crippen LogP contribution in [0.4, 0.5) is 4.79 Å². The highest BCUT2D eigenvalue weighted by Crippen LogP contribution is 2.20. The number of likely N-dealkylation sites (tertiary alicyclic amines) is 1. The Labute approximate surface area is 159 Å². The van der Waals surface area contributed by atoms with E-state index in [2.05, 4.69) is 5.32 Å². The van der Waals surface area contributed by atoms with Crippen molar-refractivity contribution in [2.75, 3.05) is 26.7 Å². The summed E-state index contributed by atoms with van der Waals surface area (Å²) in [5, 5.41) is 2.97. The molecule has 6 heteroatoms. The normalized spacial score (nSPS) is 14.5. The highest BCUT2D eigenvalue weighted by atomic mass is 16.6. The zero-order valence-electron chi connectivity index (χ0n) is 15.4. The highest BCUT2D eigenvalue weighted by molar-refractivity contribution is 5.96. The summed E-state index contributed by atoms with van der Waals surface area (Å²) in [5.74, 6) is 1.31. The van der Waals surface area contributed by atoms with E-state index in [0.717, 1.165) is 12.8 Å². The van der Waals surface area contributed by atoms with Gasteiger partial charge in [-0.05, 0) is 43.0 Å². The van der Waals surface area contributed by atoms with E-state index in [4.69, 9.17) is 9.47 Å². The van der Waals surface area contributed by atoms with Gasteiger partial charge < -0.3 is 19.7 Å². The molecule has 1 fully saturated rings. The minimum atomic E-state index is -0.322. The Bertz CT molecular complexity index is 771. The summed E-state index contributed by atoms with van der Waals surface area (Å²) in [6, 6.07) is 16.2. The standard InChI is InChI=1S/C21H24N2O4/c1-26-19-10-6-5-9-18(19)20(24)22-15-16-11-13-23(14-12-16)21(25)27-17-7-3-2-4-8-17/h2-10,16H,11-15H2,1H3,(H,22,24). The van der Waals surface area contributed by atoms with Crippen molar-refractivity contribution in [1.82, 2.24) is 10.2 Å². The topological polar surface area (TPSA) is 67.9 Å². The van der Waals surface area contributed by atoms with Crippen LogP contribution in [-0.4, -0.2) is 43.6 Å². The summed E-state index contributed by atoms with van der Waals surface area (Å²) in [6.07, 6.45) is 1.34. The summed E-state index contributed by atoms with van der Waals surface area (Å²) >= 11 is 0. The first kappa shape index (κ1) is 18.8. The monoisotopic (exact) mass is 368 g/mol. The lowest BCUT2D eigenvalue weighted by Crippen LogP contribution is -2.42. The number of benzene rings is 2. The molecule has 0 bridgehead atoms. The quantitative estimate of drug-likeness (QED) is 0.879. The second-order valence-corrected chi connectivity index (χ2v) is 6.52. The second kappa shape index (κ2) is 9.07. The van der Waals surface area contributed by atoms with Crippen LogP contribution in [0.1, 0.15) is 23.2 Å². The number of para-hydroxylation sites is 2.